The van der Waals surface area contributed by atoms with Gasteiger partial charge in [-0.2, -0.15) is 5.26 Å². The van der Waals surface area contributed by atoms with Gasteiger partial charge in [-0.25, -0.2) is 0 Å². The topological polar surface area (TPSA) is 56.1 Å². The Balaban J connectivity index is 2.52. The summed E-state index contributed by atoms with van der Waals surface area (Å²) in [4.78, 5) is 13.9. The molecule has 0 saturated carbocycles. The van der Waals surface area contributed by atoms with E-state index in [4.69, 9.17) is 0 Å². The molecule has 0 bridgehead atoms. The van der Waals surface area contributed by atoms with Crippen molar-refractivity contribution in [3.05, 3.63) is 6.42 Å². The van der Waals surface area contributed by atoms with Crippen LogP contribution in [0, 0.1) is 23.2 Å². The van der Waals surface area contributed by atoms with E-state index in [-0.39, 0.29) is 11.3 Å². The van der Waals surface area contributed by atoms with Crippen LogP contribution in [0.4, 0.5) is 0 Å². The summed E-state index contributed by atoms with van der Waals surface area (Å²) < 4.78 is 0. The van der Waals surface area contributed by atoms with Crippen LogP contribution in [-0.4, -0.2) is 36.5 Å². The van der Waals surface area contributed by atoms with Gasteiger partial charge < -0.3 is 10.2 Å². The molecule has 4 heteroatoms. The first-order chi connectivity index (χ1) is 9.37. The van der Waals surface area contributed by atoms with Gasteiger partial charge in [0.2, 0.25) is 5.91 Å². The second-order valence-corrected chi connectivity index (χ2v) is 6.55. The molecular weight excluding hydrogens is 250 g/mol. The summed E-state index contributed by atoms with van der Waals surface area (Å²) in [5.41, 5.74) is -0.351. The zero-order valence-electron chi connectivity index (χ0n) is 13.3. The van der Waals surface area contributed by atoms with Gasteiger partial charge in [0, 0.05) is 13.5 Å². The molecule has 113 valence electrons. The van der Waals surface area contributed by atoms with Crippen LogP contribution in [0.1, 0.15) is 52.9 Å². The third-order valence-corrected chi connectivity index (χ3v) is 4.71. The summed E-state index contributed by atoms with van der Waals surface area (Å²) in [7, 11) is 1.76. The molecule has 1 fully saturated rings. The molecule has 1 N–H and O–H groups in total. The number of hydrogen-bond acceptors (Lipinski definition) is 3. The highest BCUT2D eigenvalue weighted by molar-refractivity contribution is 5.85. The lowest BCUT2D eigenvalue weighted by Gasteiger charge is -2.39. The summed E-state index contributed by atoms with van der Waals surface area (Å²) in [6.45, 7) is 8.22. The molecule has 1 rings (SSSR count). The molecule has 1 radical (unpaired) electrons. The normalized spacial score (nSPS) is 18.4. The lowest BCUT2D eigenvalue weighted by molar-refractivity contribution is -0.131. The van der Waals surface area contributed by atoms with Crippen molar-refractivity contribution in [3.63, 3.8) is 0 Å². The molecular formula is C16H28N3O. The number of amides is 1. The van der Waals surface area contributed by atoms with Crippen molar-refractivity contribution in [2.24, 2.45) is 5.41 Å². The fourth-order valence-corrected chi connectivity index (χ4v) is 2.47. The van der Waals surface area contributed by atoms with Crippen molar-refractivity contribution in [1.29, 1.82) is 5.26 Å². The lowest BCUT2D eigenvalue weighted by atomic mass is 9.84. The number of carbonyl (C=O) groups excluding carboxylic acids is 1. The minimum absolute atomic E-state index is 0.0136. The molecule has 0 aromatic rings. The SMILES string of the molecule is CCC(C)(C)CC[CH]C(=O)N(C)C1(C#N)CCNCC1. The van der Waals surface area contributed by atoms with Gasteiger partial charge >= 0.3 is 0 Å². The zero-order chi connectivity index (χ0) is 15.2. The minimum atomic E-state index is -0.626. The molecule has 0 aromatic carbocycles. The standard InChI is InChI=1S/C16H28N3O/c1-5-15(2,3)8-6-7-14(20)19(4)16(13-17)9-11-18-12-10-16/h7,18H,5-6,8-12H2,1-4H3. The van der Waals surface area contributed by atoms with Crippen LogP contribution in [0.2, 0.25) is 0 Å². The van der Waals surface area contributed by atoms with Gasteiger partial charge in [0.25, 0.3) is 0 Å². The first-order valence-electron chi connectivity index (χ1n) is 7.60. The van der Waals surface area contributed by atoms with Crippen molar-refractivity contribution in [1.82, 2.24) is 10.2 Å². The van der Waals surface area contributed by atoms with Crippen molar-refractivity contribution >= 4 is 5.91 Å². The Morgan fingerprint density at radius 1 is 1.45 bits per heavy atom. The Morgan fingerprint density at radius 2 is 2.05 bits per heavy atom. The average molecular weight is 278 g/mol. The zero-order valence-corrected chi connectivity index (χ0v) is 13.3. The fourth-order valence-electron chi connectivity index (χ4n) is 2.47. The molecule has 0 spiro atoms. The first kappa shape index (κ1) is 17.0. The van der Waals surface area contributed by atoms with Crippen molar-refractivity contribution < 1.29 is 4.79 Å². The van der Waals surface area contributed by atoms with Gasteiger partial charge in [0.15, 0.2) is 0 Å². The second kappa shape index (κ2) is 7.08. The van der Waals surface area contributed by atoms with E-state index in [1.54, 1.807) is 18.4 Å². The second-order valence-electron chi connectivity index (χ2n) is 6.55. The van der Waals surface area contributed by atoms with Gasteiger partial charge in [-0.05, 0) is 44.2 Å². The minimum Gasteiger partial charge on any atom is -0.327 e. The van der Waals surface area contributed by atoms with Gasteiger partial charge in [0.1, 0.15) is 5.54 Å². The summed E-state index contributed by atoms with van der Waals surface area (Å²) in [6.07, 6.45) is 6.06. The van der Waals surface area contributed by atoms with E-state index < -0.39 is 5.54 Å². The first-order valence-corrected chi connectivity index (χ1v) is 7.60. The molecule has 1 aliphatic rings. The Morgan fingerprint density at radius 3 is 2.55 bits per heavy atom. The predicted octanol–water partition coefficient (Wildman–Crippen LogP) is 2.51. The molecule has 1 amide bonds. The van der Waals surface area contributed by atoms with Crippen molar-refractivity contribution in [3.8, 4) is 6.07 Å². The van der Waals surface area contributed by atoms with Crippen molar-refractivity contribution in [2.75, 3.05) is 20.1 Å². The molecule has 1 heterocycles. The molecule has 0 atom stereocenters. The highest BCUT2D eigenvalue weighted by atomic mass is 16.2. The number of carbonyl (C=O) groups is 1. The van der Waals surface area contributed by atoms with Crippen LogP contribution in [0.15, 0.2) is 0 Å². The largest absolute Gasteiger partial charge is 0.327 e. The van der Waals surface area contributed by atoms with E-state index >= 15 is 0 Å². The van der Waals surface area contributed by atoms with Crippen molar-refractivity contribution in [2.45, 2.75) is 58.4 Å². The highest BCUT2D eigenvalue weighted by Crippen LogP contribution is 2.28. The van der Waals surface area contributed by atoms with E-state index in [9.17, 15) is 10.1 Å². The summed E-state index contributed by atoms with van der Waals surface area (Å²) in [6, 6.07) is 2.36. The average Bonchev–Trinajstić information content (AvgIpc) is 2.46. The smallest absolute Gasteiger partial charge is 0.227 e. The van der Waals surface area contributed by atoms with E-state index in [1.807, 2.05) is 0 Å². The van der Waals surface area contributed by atoms with E-state index in [0.29, 0.717) is 12.8 Å². The van der Waals surface area contributed by atoms with E-state index in [2.05, 4.69) is 32.2 Å². The molecule has 0 aliphatic carbocycles. The summed E-state index contributed by atoms with van der Waals surface area (Å²) in [5, 5.41) is 12.7. The van der Waals surface area contributed by atoms with Crippen LogP contribution in [-0.2, 0) is 4.79 Å². The number of nitrogens with one attached hydrogen (secondary N) is 1. The Bertz CT molecular complexity index is 364. The maximum atomic E-state index is 12.3. The third kappa shape index (κ3) is 4.21. The maximum absolute atomic E-state index is 12.3. The monoisotopic (exact) mass is 278 g/mol. The molecule has 4 nitrogen and oxygen atoms in total. The number of nitriles is 1. The van der Waals surface area contributed by atoms with Crippen LogP contribution in [0.25, 0.3) is 0 Å². The maximum Gasteiger partial charge on any atom is 0.227 e. The number of rotatable bonds is 6. The summed E-state index contributed by atoms with van der Waals surface area (Å²) >= 11 is 0. The molecule has 20 heavy (non-hydrogen) atoms. The predicted molar refractivity (Wildman–Crippen MR) is 80.8 cm³/mol. The van der Waals surface area contributed by atoms with Crippen LogP contribution in [0.3, 0.4) is 0 Å². The van der Waals surface area contributed by atoms with Gasteiger partial charge in [-0.1, -0.05) is 27.2 Å². The molecule has 1 saturated heterocycles. The molecule has 1 aliphatic heterocycles. The fraction of sp³-hybridized carbons (Fsp3) is 0.812. The van der Waals surface area contributed by atoms with Gasteiger partial charge in [-0.15, -0.1) is 0 Å². The van der Waals surface area contributed by atoms with E-state index in [1.165, 1.54) is 0 Å². The quantitative estimate of drug-likeness (QED) is 0.812. The van der Waals surface area contributed by atoms with Crippen LogP contribution >= 0.6 is 0 Å². The number of nitrogens with zero attached hydrogens (tertiary/aromatic N) is 2. The van der Waals surface area contributed by atoms with Gasteiger partial charge in [0.05, 0.1) is 6.07 Å². The molecule has 0 aromatic heterocycles. The summed E-state index contributed by atoms with van der Waals surface area (Å²) in [5.74, 6) is -0.0136. The number of hydrogen-bond donors (Lipinski definition) is 1. The van der Waals surface area contributed by atoms with Gasteiger partial charge in [-0.3, -0.25) is 4.79 Å². The third-order valence-electron chi connectivity index (χ3n) is 4.71. The van der Waals surface area contributed by atoms with E-state index in [0.717, 1.165) is 32.4 Å². The lowest BCUT2D eigenvalue weighted by Crippen LogP contribution is -2.54. The van der Waals surface area contributed by atoms with Crippen LogP contribution in [0.5, 0.6) is 0 Å². The van der Waals surface area contributed by atoms with Crippen LogP contribution < -0.4 is 5.32 Å². The Hall–Kier alpha value is -1.08. The molecule has 0 unspecified atom stereocenters. The number of piperidine rings is 1. The Labute approximate surface area is 123 Å². The Kier molecular flexibility index (Phi) is 6.01. The highest BCUT2D eigenvalue weighted by Gasteiger charge is 2.38.